The Labute approximate surface area is 137 Å². The minimum atomic E-state index is -4.74. The first-order valence-corrected chi connectivity index (χ1v) is 7.63. The second kappa shape index (κ2) is 7.35. The molecule has 134 valence electrons. The summed E-state index contributed by atoms with van der Waals surface area (Å²) in [5.41, 5.74) is -2.49. The Morgan fingerprint density at radius 2 is 1.92 bits per heavy atom. The number of rotatable bonds is 4. The number of aliphatic hydroxyl groups is 1. The average molecular weight is 347 g/mol. The lowest BCUT2D eigenvalue weighted by molar-refractivity contribution is -0.140. The number of alkyl halides is 3. The largest absolute Gasteiger partial charge is 0.421 e. The number of hydrogen-bond donors (Lipinski definition) is 1. The Kier molecular flexibility index (Phi) is 5.66. The van der Waals surface area contributed by atoms with Crippen molar-refractivity contribution in [2.45, 2.75) is 25.7 Å². The van der Waals surface area contributed by atoms with Gasteiger partial charge >= 0.3 is 6.18 Å². The van der Waals surface area contributed by atoms with Gasteiger partial charge in [0.15, 0.2) is 0 Å². The third-order valence-corrected chi connectivity index (χ3v) is 3.88. The summed E-state index contributed by atoms with van der Waals surface area (Å²) in [4.78, 5) is 27.6. The van der Waals surface area contributed by atoms with Gasteiger partial charge < -0.3 is 14.6 Å². The van der Waals surface area contributed by atoms with Crippen molar-refractivity contribution in [1.29, 1.82) is 0 Å². The van der Waals surface area contributed by atoms with E-state index in [0.29, 0.717) is 38.8 Å². The molecule has 0 unspecified atom stereocenters. The molecule has 1 amide bonds. The maximum absolute atomic E-state index is 12.7. The van der Waals surface area contributed by atoms with Crippen LogP contribution in [0.25, 0.3) is 0 Å². The van der Waals surface area contributed by atoms with Gasteiger partial charge in [-0.25, -0.2) is 0 Å². The number of carbonyl (C=O) groups excluding carboxylic acids is 1. The number of hydrogen-bond acceptors (Lipinski definition) is 4. The van der Waals surface area contributed by atoms with E-state index < -0.39 is 35.9 Å². The predicted octanol–water partition coefficient (Wildman–Crippen LogP) is 0.392. The van der Waals surface area contributed by atoms with Crippen molar-refractivity contribution in [2.75, 3.05) is 32.7 Å². The van der Waals surface area contributed by atoms with Crippen LogP contribution in [0, 0.1) is 0 Å². The summed E-state index contributed by atoms with van der Waals surface area (Å²) in [7, 11) is 0. The molecule has 0 radical (unpaired) electrons. The molecule has 2 rings (SSSR count). The second-order valence-electron chi connectivity index (χ2n) is 5.88. The summed E-state index contributed by atoms with van der Waals surface area (Å²) in [5, 5.41) is 9.34. The Hall–Kier alpha value is -1.87. The summed E-state index contributed by atoms with van der Waals surface area (Å²) < 4.78 is 39.0. The third-order valence-electron chi connectivity index (χ3n) is 3.88. The molecular formula is C15H20F3N3O3. The minimum absolute atomic E-state index is 0.395. The monoisotopic (exact) mass is 347 g/mol. The molecule has 1 aromatic heterocycles. The molecule has 1 saturated heterocycles. The second-order valence-corrected chi connectivity index (χ2v) is 5.88. The highest BCUT2D eigenvalue weighted by molar-refractivity contribution is 5.76. The lowest BCUT2D eigenvalue weighted by Gasteiger charge is -2.35. The van der Waals surface area contributed by atoms with Crippen molar-refractivity contribution >= 4 is 5.91 Å². The van der Waals surface area contributed by atoms with E-state index in [1.807, 2.05) is 4.90 Å². The van der Waals surface area contributed by atoms with Gasteiger partial charge in [0.05, 0.1) is 6.10 Å². The molecule has 0 aliphatic carbocycles. The highest BCUT2D eigenvalue weighted by Gasteiger charge is 2.34. The molecule has 1 fully saturated rings. The predicted molar refractivity (Wildman–Crippen MR) is 80.4 cm³/mol. The Balaban J connectivity index is 2.00. The van der Waals surface area contributed by atoms with Crippen LogP contribution in [-0.2, 0) is 17.5 Å². The summed E-state index contributed by atoms with van der Waals surface area (Å²) in [6.07, 6.45) is -4.02. The van der Waals surface area contributed by atoms with Crippen LogP contribution in [0.3, 0.4) is 0 Å². The molecule has 0 saturated carbocycles. The Morgan fingerprint density at radius 1 is 1.29 bits per heavy atom. The van der Waals surface area contributed by atoms with Crippen molar-refractivity contribution in [3.63, 3.8) is 0 Å². The lowest BCUT2D eigenvalue weighted by atomic mass is 10.2. The Bertz CT molecular complexity index is 635. The molecule has 24 heavy (non-hydrogen) atoms. The third kappa shape index (κ3) is 4.57. The number of β-amino-alcohol motifs (C(OH)–C–C–N with tert-alkyl or cyclic N) is 1. The van der Waals surface area contributed by atoms with Gasteiger partial charge in [-0.15, -0.1) is 0 Å². The average Bonchev–Trinajstić information content (AvgIpc) is 2.48. The van der Waals surface area contributed by atoms with Gasteiger partial charge in [0.2, 0.25) is 5.91 Å². The smallest absolute Gasteiger partial charge is 0.392 e. The maximum atomic E-state index is 12.7. The van der Waals surface area contributed by atoms with Crippen molar-refractivity contribution in [3.05, 3.63) is 34.2 Å². The van der Waals surface area contributed by atoms with Gasteiger partial charge in [-0.1, -0.05) is 0 Å². The molecule has 0 aromatic carbocycles. The van der Waals surface area contributed by atoms with E-state index in [1.54, 1.807) is 6.92 Å². The fraction of sp³-hybridized carbons (Fsp3) is 0.600. The summed E-state index contributed by atoms with van der Waals surface area (Å²) in [6, 6.07) is 1.82. The van der Waals surface area contributed by atoms with Crippen LogP contribution in [0.5, 0.6) is 0 Å². The van der Waals surface area contributed by atoms with Gasteiger partial charge in [0.25, 0.3) is 5.56 Å². The first-order chi connectivity index (χ1) is 11.2. The Morgan fingerprint density at radius 3 is 2.46 bits per heavy atom. The molecule has 1 aliphatic heterocycles. The first kappa shape index (κ1) is 18.5. The maximum Gasteiger partial charge on any atom is 0.421 e. The number of halogens is 3. The van der Waals surface area contributed by atoms with Gasteiger partial charge in [0, 0.05) is 38.9 Å². The van der Waals surface area contributed by atoms with E-state index in [0.717, 1.165) is 10.6 Å². The molecule has 1 atom stereocenters. The molecular weight excluding hydrogens is 327 g/mol. The highest BCUT2D eigenvalue weighted by Crippen LogP contribution is 2.25. The normalized spacial score (nSPS) is 17.8. The summed E-state index contributed by atoms with van der Waals surface area (Å²) in [6.45, 7) is 3.76. The van der Waals surface area contributed by atoms with E-state index >= 15 is 0 Å². The van der Waals surface area contributed by atoms with Crippen molar-refractivity contribution in [1.82, 2.24) is 14.4 Å². The van der Waals surface area contributed by atoms with Crippen LogP contribution in [0.15, 0.2) is 23.1 Å². The highest BCUT2D eigenvalue weighted by atomic mass is 19.4. The zero-order valence-corrected chi connectivity index (χ0v) is 13.3. The number of pyridine rings is 1. The lowest BCUT2D eigenvalue weighted by Crippen LogP contribution is -2.51. The number of carbonyl (C=O) groups is 1. The number of piperazine rings is 1. The first-order valence-electron chi connectivity index (χ1n) is 7.63. The molecule has 9 heteroatoms. The molecule has 6 nitrogen and oxygen atoms in total. The molecule has 2 heterocycles. The summed E-state index contributed by atoms with van der Waals surface area (Å²) in [5.74, 6) is -0.395. The number of nitrogens with zero attached hydrogens (tertiary/aromatic N) is 3. The van der Waals surface area contributed by atoms with Crippen LogP contribution in [0.2, 0.25) is 0 Å². The molecule has 1 aliphatic rings. The number of aliphatic hydroxyl groups excluding tert-OH is 1. The van der Waals surface area contributed by atoms with Gasteiger partial charge in [-0.3, -0.25) is 14.5 Å². The number of amides is 1. The standard InChI is InChI=1S/C15H20F3N3O3/c1-11(22)9-19-5-7-20(8-6-19)13(23)10-21-4-2-3-12(14(21)24)15(16,17)18/h2-4,11,22H,5-10H2,1H3/t11-/m0/s1. The van der Waals surface area contributed by atoms with Crippen molar-refractivity contribution < 1.29 is 23.1 Å². The quantitative estimate of drug-likeness (QED) is 0.856. The fourth-order valence-electron chi connectivity index (χ4n) is 2.68. The molecule has 1 N–H and O–H groups in total. The van der Waals surface area contributed by atoms with E-state index in [1.165, 1.54) is 11.1 Å². The van der Waals surface area contributed by atoms with Crippen LogP contribution in [0.4, 0.5) is 13.2 Å². The van der Waals surface area contributed by atoms with Crippen LogP contribution < -0.4 is 5.56 Å². The topological polar surface area (TPSA) is 65.8 Å². The summed E-state index contributed by atoms with van der Waals surface area (Å²) >= 11 is 0. The van der Waals surface area contributed by atoms with Crippen LogP contribution in [-0.4, -0.2) is 64.2 Å². The van der Waals surface area contributed by atoms with E-state index in [4.69, 9.17) is 0 Å². The fourth-order valence-corrected chi connectivity index (χ4v) is 2.68. The van der Waals surface area contributed by atoms with Crippen LogP contribution in [0.1, 0.15) is 12.5 Å². The minimum Gasteiger partial charge on any atom is -0.392 e. The van der Waals surface area contributed by atoms with Crippen molar-refractivity contribution in [3.8, 4) is 0 Å². The molecule has 0 bridgehead atoms. The van der Waals surface area contributed by atoms with Gasteiger partial charge in [-0.05, 0) is 19.1 Å². The van der Waals surface area contributed by atoms with E-state index in [9.17, 15) is 27.9 Å². The van der Waals surface area contributed by atoms with E-state index in [-0.39, 0.29) is 0 Å². The zero-order chi connectivity index (χ0) is 17.9. The van der Waals surface area contributed by atoms with Crippen LogP contribution >= 0.6 is 0 Å². The van der Waals surface area contributed by atoms with Gasteiger partial charge in [0.1, 0.15) is 12.1 Å². The van der Waals surface area contributed by atoms with E-state index in [2.05, 4.69) is 0 Å². The molecule has 0 spiro atoms. The SMILES string of the molecule is C[C@H](O)CN1CCN(C(=O)Cn2cccc(C(F)(F)F)c2=O)CC1. The van der Waals surface area contributed by atoms with Gasteiger partial charge in [-0.2, -0.15) is 13.2 Å². The molecule has 1 aromatic rings. The number of aromatic nitrogens is 1. The zero-order valence-electron chi connectivity index (χ0n) is 13.3. The van der Waals surface area contributed by atoms with Crippen molar-refractivity contribution in [2.24, 2.45) is 0 Å².